The highest BCUT2D eigenvalue weighted by Gasteiger charge is 2.12. The van der Waals surface area contributed by atoms with Crippen LogP contribution in [0.5, 0.6) is 0 Å². The number of rotatable bonds is 5. The summed E-state index contributed by atoms with van der Waals surface area (Å²) in [7, 11) is 1.65. The molecule has 2 aromatic rings. The molecule has 0 unspecified atom stereocenters. The predicted octanol–water partition coefficient (Wildman–Crippen LogP) is 3.46. The molecule has 0 atom stereocenters. The highest BCUT2D eigenvalue weighted by atomic mass is 79.9. The fraction of sp³-hybridized carbons (Fsp3) is 0.267. The summed E-state index contributed by atoms with van der Waals surface area (Å²) in [5, 5.41) is 2.94. The number of anilines is 1. The summed E-state index contributed by atoms with van der Waals surface area (Å²) in [5.41, 5.74) is 2.45. The van der Waals surface area contributed by atoms with Crippen molar-refractivity contribution in [1.82, 2.24) is 4.57 Å². The lowest BCUT2D eigenvalue weighted by molar-refractivity contribution is 0.101. The summed E-state index contributed by atoms with van der Waals surface area (Å²) >= 11 is 3.46. The van der Waals surface area contributed by atoms with Gasteiger partial charge >= 0.3 is 0 Å². The maximum atomic E-state index is 12.3. The summed E-state index contributed by atoms with van der Waals surface area (Å²) in [6, 6.07) is 9.40. The van der Waals surface area contributed by atoms with Crippen molar-refractivity contribution in [3.05, 3.63) is 52.3 Å². The molecule has 20 heavy (non-hydrogen) atoms. The second-order valence-corrected chi connectivity index (χ2v) is 5.30. The van der Waals surface area contributed by atoms with Crippen molar-refractivity contribution in [2.45, 2.75) is 13.5 Å². The van der Waals surface area contributed by atoms with Gasteiger partial charge in [-0.15, -0.1) is 0 Å². The van der Waals surface area contributed by atoms with E-state index >= 15 is 0 Å². The van der Waals surface area contributed by atoms with Crippen LogP contribution < -0.4 is 5.32 Å². The quantitative estimate of drug-likeness (QED) is 0.908. The number of nitrogens with one attached hydrogen (secondary N) is 1. The van der Waals surface area contributed by atoms with E-state index in [0.717, 1.165) is 15.7 Å². The Kier molecular flexibility index (Phi) is 4.98. The van der Waals surface area contributed by atoms with Gasteiger partial charge in [-0.25, -0.2) is 0 Å². The average molecular weight is 337 g/mol. The minimum atomic E-state index is -0.118. The van der Waals surface area contributed by atoms with Gasteiger partial charge in [0.1, 0.15) is 5.69 Å². The van der Waals surface area contributed by atoms with E-state index in [2.05, 4.69) is 21.2 Å². The van der Waals surface area contributed by atoms with E-state index in [0.29, 0.717) is 18.8 Å². The topological polar surface area (TPSA) is 43.3 Å². The number of aromatic nitrogens is 1. The molecular weight excluding hydrogens is 320 g/mol. The Morgan fingerprint density at radius 3 is 2.90 bits per heavy atom. The van der Waals surface area contributed by atoms with Gasteiger partial charge in [0.15, 0.2) is 0 Å². The van der Waals surface area contributed by atoms with E-state index in [4.69, 9.17) is 4.74 Å². The van der Waals surface area contributed by atoms with Crippen LogP contribution in [-0.2, 0) is 11.3 Å². The molecule has 5 heteroatoms. The maximum absolute atomic E-state index is 12.3. The minimum absolute atomic E-state index is 0.118. The Morgan fingerprint density at radius 2 is 2.15 bits per heavy atom. The summed E-state index contributed by atoms with van der Waals surface area (Å²) in [5.74, 6) is -0.118. The maximum Gasteiger partial charge on any atom is 0.272 e. The number of halogens is 1. The average Bonchev–Trinajstić information content (AvgIpc) is 2.90. The SMILES string of the molecule is COCCn1cccc1C(=O)Nc1cccc(Br)c1C. The lowest BCUT2D eigenvalue weighted by Gasteiger charge is -2.11. The molecule has 0 saturated carbocycles. The van der Waals surface area contributed by atoms with Crippen molar-refractivity contribution in [2.75, 3.05) is 19.0 Å². The number of nitrogens with zero attached hydrogens (tertiary/aromatic N) is 1. The first-order valence-corrected chi connectivity index (χ1v) is 7.13. The third-order valence-electron chi connectivity index (χ3n) is 3.11. The Balaban J connectivity index is 2.16. The highest BCUT2D eigenvalue weighted by Crippen LogP contribution is 2.23. The molecule has 0 spiro atoms. The van der Waals surface area contributed by atoms with E-state index in [1.54, 1.807) is 13.2 Å². The number of hydrogen-bond acceptors (Lipinski definition) is 2. The molecule has 1 heterocycles. The van der Waals surface area contributed by atoms with Crippen molar-refractivity contribution in [3.63, 3.8) is 0 Å². The minimum Gasteiger partial charge on any atom is -0.383 e. The molecule has 1 aromatic heterocycles. The van der Waals surface area contributed by atoms with Crippen molar-refractivity contribution < 1.29 is 9.53 Å². The van der Waals surface area contributed by atoms with Gasteiger partial charge in [-0.3, -0.25) is 4.79 Å². The van der Waals surface area contributed by atoms with Crippen molar-refractivity contribution in [2.24, 2.45) is 0 Å². The lowest BCUT2D eigenvalue weighted by Crippen LogP contribution is -2.18. The number of methoxy groups -OCH3 is 1. The van der Waals surface area contributed by atoms with Crippen LogP contribution in [0, 0.1) is 6.92 Å². The molecule has 0 aliphatic heterocycles. The predicted molar refractivity (Wildman–Crippen MR) is 83.1 cm³/mol. The van der Waals surface area contributed by atoms with E-state index in [1.165, 1.54) is 0 Å². The zero-order valence-corrected chi connectivity index (χ0v) is 13.1. The molecule has 2 rings (SSSR count). The van der Waals surface area contributed by atoms with Gasteiger partial charge in [-0.2, -0.15) is 0 Å². The second kappa shape index (κ2) is 6.72. The molecular formula is C15H17BrN2O2. The molecule has 0 aliphatic carbocycles. The molecule has 1 amide bonds. The van der Waals surface area contributed by atoms with Gasteiger partial charge in [0, 0.05) is 30.0 Å². The van der Waals surface area contributed by atoms with Crippen LogP contribution in [0.1, 0.15) is 16.1 Å². The second-order valence-electron chi connectivity index (χ2n) is 4.45. The molecule has 0 aliphatic rings. The van der Waals surface area contributed by atoms with E-state index < -0.39 is 0 Å². The smallest absolute Gasteiger partial charge is 0.272 e. The monoisotopic (exact) mass is 336 g/mol. The van der Waals surface area contributed by atoms with Crippen LogP contribution in [-0.4, -0.2) is 24.2 Å². The number of hydrogen-bond donors (Lipinski definition) is 1. The zero-order valence-electron chi connectivity index (χ0n) is 11.5. The van der Waals surface area contributed by atoms with E-state index in [-0.39, 0.29) is 5.91 Å². The van der Waals surface area contributed by atoms with Gasteiger partial charge in [0.05, 0.1) is 6.61 Å². The molecule has 0 radical (unpaired) electrons. The summed E-state index contributed by atoms with van der Waals surface area (Å²) in [4.78, 5) is 12.3. The van der Waals surface area contributed by atoms with Crippen LogP contribution in [0.25, 0.3) is 0 Å². The van der Waals surface area contributed by atoms with Crippen molar-refractivity contribution in [1.29, 1.82) is 0 Å². The van der Waals surface area contributed by atoms with Crippen LogP contribution >= 0.6 is 15.9 Å². The van der Waals surface area contributed by atoms with Crippen molar-refractivity contribution >= 4 is 27.5 Å². The summed E-state index contributed by atoms with van der Waals surface area (Å²) < 4.78 is 7.90. The molecule has 1 N–H and O–H groups in total. The van der Waals surface area contributed by atoms with Crippen LogP contribution in [0.15, 0.2) is 41.0 Å². The van der Waals surface area contributed by atoms with Crippen LogP contribution in [0.2, 0.25) is 0 Å². The van der Waals surface area contributed by atoms with Crippen LogP contribution in [0.4, 0.5) is 5.69 Å². The van der Waals surface area contributed by atoms with Gasteiger partial charge in [-0.1, -0.05) is 22.0 Å². The summed E-state index contributed by atoms with van der Waals surface area (Å²) in [6.07, 6.45) is 1.88. The molecule has 0 fully saturated rings. The molecule has 1 aromatic carbocycles. The highest BCUT2D eigenvalue weighted by molar-refractivity contribution is 9.10. The number of amides is 1. The largest absolute Gasteiger partial charge is 0.383 e. The van der Waals surface area contributed by atoms with Gasteiger partial charge < -0.3 is 14.6 Å². The molecule has 0 bridgehead atoms. The number of carbonyl (C=O) groups is 1. The van der Waals surface area contributed by atoms with Crippen LogP contribution in [0.3, 0.4) is 0 Å². The van der Waals surface area contributed by atoms with E-state index in [9.17, 15) is 4.79 Å². The lowest BCUT2D eigenvalue weighted by atomic mass is 10.2. The van der Waals surface area contributed by atoms with Gasteiger partial charge in [0.2, 0.25) is 0 Å². The van der Waals surface area contributed by atoms with Crippen molar-refractivity contribution in [3.8, 4) is 0 Å². The number of carbonyl (C=O) groups excluding carboxylic acids is 1. The Hall–Kier alpha value is -1.59. The summed E-state index contributed by atoms with van der Waals surface area (Å²) in [6.45, 7) is 3.19. The zero-order chi connectivity index (χ0) is 14.5. The third kappa shape index (κ3) is 3.29. The number of ether oxygens (including phenoxy) is 1. The Bertz CT molecular complexity index is 608. The number of benzene rings is 1. The fourth-order valence-corrected chi connectivity index (χ4v) is 2.30. The normalized spacial score (nSPS) is 10.6. The van der Waals surface area contributed by atoms with Gasteiger partial charge in [-0.05, 0) is 36.8 Å². The first kappa shape index (κ1) is 14.8. The molecule has 4 nitrogen and oxygen atoms in total. The first-order valence-electron chi connectivity index (χ1n) is 6.34. The Labute approximate surface area is 126 Å². The third-order valence-corrected chi connectivity index (χ3v) is 3.97. The standard InChI is InChI=1S/C15H17BrN2O2/c1-11-12(16)5-3-6-13(11)17-15(19)14-7-4-8-18(14)9-10-20-2/h3-8H,9-10H2,1-2H3,(H,17,19). The van der Waals surface area contributed by atoms with Gasteiger partial charge in [0.25, 0.3) is 5.91 Å². The molecule has 106 valence electrons. The van der Waals surface area contributed by atoms with E-state index in [1.807, 2.05) is 42.0 Å². The fourth-order valence-electron chi connectivity index (χ4n) is 1.93. The molecule has 0 saturated heterocycles. The first-order chi connectivity index (χ1) is 9.63. The Morgan fingerprint density at radius 1 is 1.35 bits per heavy atom.